The van der Waals surface area contributed by atoms with Gasteiger partial charge in [-0.15, -0.1) is 0 Å². The lowest BCUT2D eigenvalue weighted by Crippen LogP contribution is -2.09. The number of halogens is 2. The number of H-pyrrole nitrogens is 1. The van der Waals surface area contributed by atoms with Gasteiger partial charge in [0, 0.05) is 17.1 Å². The number of fused-ring (bicyclic) bond motifs is 1. The average molecular weight is 227 g/mol. The van der Waals surface area contributed by atoms with Crippen molar-refractivity contribution in [1.82, 2.24) is 10.3 Å². The summed E-state index contributed by atoms with van der Waals surface area (Å²) < 4.78 is 13.3. The van der Waals surface area contributed by atoms with Crippen molar-refractivity contribution in [3.63, 3.8) is 0 Å². The molecule has 0 spiro atoms. The molecule has 1 heterocycles. The van der Waals surface area contributed by atoms with Crippen LogP contribution in [0.25, 0.3) is 10.9 Å². The molecule has 0 saturated heterocycles. The lowest BCUT2D eigenvalue weighted by molar-refractivity contribution is 0.630. The summed E-state index contributed by atoms with van der Waals surface area (Å²) in [5.41, 5.74) is 1.99. The Labute approximate surface area is 92.4 Å². The molecule has 0 bridgehead atoms. The van der Waals surface area contributed by atoms with E-state index in [1.165, 1.54) is 6.07 Å². The normalized spacial score (nSPS) is 11.1. The number of aromatic nitrogens is 1. The molecule has 15 heavy (non-hydrogen) atoms. The smallest absolute Gasteiger partial charge is 0.142 e. The van der Waals surface area contributed by atoms with E-state index in [0.29, 0.717) is 0 Å². The second-order valence-electron chi connectivity index (χ2n) is 3.48. The van der Waals surface area contributed by atoms with Crippen molar-refractivity contribution in [3.05, 3.63) is 34.7 Å². The van der Waals surface area contributed by atoms with E-state index < -0.39 is 0 Å². The maximum Gasteiger partial charge on any atom is 0.142 e. The topological polar surface area (TPSA) is 27.8 Å². The highest BCUT2D eigenvalue weighted by Crippen LogP contribution is 2.25. The van der Waals surface area contributed by atoms with Crippen LogP contribution >= 0.6 is 11.6 Å². The minimum Gasteiger partial charge on any atom is -0.361 e. The zero-order valence-electron chi connectivity index (χ0n) is 8.40. The van der Waals surface area contributed by atoms with E-state index in [1.807, 2.05) is 13.2 Å². The summed E-state index contributed by atoms with van der Waals surface area (Å²) >= 11 is 5.69. The van der Waals surface area contributed by atoms with Gasteiger partial charge < -0.3 is 10.3 Å². The molecule has 0 atom stereocenters. The van der Waals surface area contributed by atoms with Crippen molar-refractivity contribution in [3.8, 4) is 0 Å². The van der Waals surface area contributed by atoms with Gasteiger partial charge in [0.1, 0.15) is 5.82 Å². The van der Waals surface area contributed by atoms with Gasteiger partial charge in [-0.1, -0.05) is 11.6 Å². The predicted octanol–water partition coefficient (Wildman–Crippen LogP) is 2.72. The zero-order valence-corrected chi connectivity index (χ0v) is 9.16. The summed E-state index contributed by atoms with van der Waals surface area (Å²) in [6, 6.07) is 3.11. The van der Waals surface area contributed by atoms with Crippen molar-refractivity contribution < 1.29 is 4.39 Å². The summed E-state index contributed by atoms with van der Waals surface area (Å²) in [5, 5.41) is 4.13. The van der Waals surface area contributed by atoms with E-state index in [2.05, 4.69) is 10.3 Å². The average Bonchev–Trinajstić information content (AvgIpc) is 2.59. The molecule has 0 saturated carbocycles. The molecule has 4 heteroatoms. The number of hydrogen-bond acceptors (Lipinski definition) is 1. The number of aromatic amines is 1. The van der Waals surface area contributed by atoms with Crippen molar-refractivity contribution in [1.29, 1.82) is 0 Å². The van der Waals surface area contributed by atoms with E-state index >= 15 is 0 Å². The van der Waals surface area contributed by atoms with Gasteiger partial charge in [0.25, 0.3) is 0 Å². The second kappa shape index (κ2) is 4.21. The van der Waals surface area contributed by atoms with Crippen LogP contribution in [-0.2, 0) is 6.42 Å². The van der Waals surface area contributed by atoms with Crippen molar-refractivity contribution in [2.45, 2.75) is 6.42 Å². The zero-order chi connectivity index (χ0) is 10.8. The monoisotopic (exact) mass is 226 g/mol. The van der Waals surface area contributed by atoms with Crippen LogP contribution in [0.3, 0.4) is 0 Å². The number of likely N-dealkylation sites (N-methyl/N-ethyl adjacent to an activating group) is 1. The first kappa shape index (κ1) is 10.5. The lowest BCUT2D eigenvalue weighted by atomic mass is 10.1. The van der Waals surface area contributed by atoms with Gasteiger partial charge in [0.15, 0.2) is 0 Å². The van der Waals surface area contributed by atoms with Crippen LogP contribution in [0.4, 0.5) is 4.39 Å². The Morgan fingerprint density at radius 1 is 1.47 bits per heavy atom. The van der Waals surface area contributed by atoms with Gasteiger partial charge in [-0.25, -0.2) is 4.39 Å². The standard InChI is InChI=1S/C11H12ClFN2/c1-14-3-2-7-6-15-11-5-9(12)10(13)4-8(7)11/h4-6,14-15H,2-3H2,1H3. The van der Waals surface area contributed by atoms with E-state index in [9.17, 15) is 4.39 Å². The van der Waals surface area contributed by atoms with Gasteiger partial charge in [-0.2, -0.15) is 0 Å². The van der Waals surface area contributed by atoms with Gasteiger partial charge in [0.05, 0.1) is 5.02 Å². The molecule has 1 aromatic heterocycles. The van der Waals surface area contributed by atoms with Crippen LogP contribution in [0.2, 0.25) is 5.02 Å². The Morgan fingerprint density at radius 3 is 3.00 bits per heavy atom. The first-order valence-corrected chi connectivity index (χ1v) is 5.20. The largest absolute Gasteiger partial charge is 0.361 e. The van der Waals surface area contributed by atoms with Gasteiger partial charge >= 0.3 is 0 Å². The van der Waals surface area contributed by atoms with Crippen LogP contribution in [0.15, 0.2) is 18.3 Å². The summed E-state index contributed by atoms with van der Waals surface area (Å²) in [4.78, 5) is 3.09. The maximum atomic E-state index is 13.3. The highest BCUT2D eigenvalue weighted by molar-refractivity contribution is 6.31. The van der Waals surface area contributed by atoms with Gasteiger partial charge in [0.2, 0.25) is 0 Å². The predicted molar refractivity (Wildman–Crippen MR) is 60.9 cm³/mol. The number of nitrogens with one attached hydrogen (secondary N) is 2. The van der Waals surface area contributed by atoms with Gasteiger partial charge in [-0.3, -0.25) is 0 Å². The van der Waals surface area contributed by atoms with Gasteiger partial charge in [-0.05, 0) is 37.7 Å². The fourth-order valence-electron chi connectivity index (χ4n) is 1.64. The molecule has 0 aliphatic carbocycles. The maximum absolute atomic E-state index is 13.3. The third-order valence-electron chi connectivity index (χ3n) is 2.45. The molecule has 0 unspecified atom stereocenters. The molecule has 0 fully saturated rings. The minimum absolute atomic E-state index is 0.157. The Hall–Kier alpha value is -1.06. The van der Waals surface area contributed by atoms with Crippen LogP contribution in [0, 0.1) is 5.82 Å². The summed E-state index contributed by atoms with van der Waals surface area (Å²) in [7, 11) is 1.90. The Morgan fingerprint density at radius 2 is 2.27 bits per heavy atom. The highest BCUT2D eigenvalue weighted by atomic mass is 35.5. The number of hydrogen-bond donors (Lipinski definition) is 2. The third-order valence-corrected chi connectivity index (χ3v) is 2.74. The van der Waals surface area contributed by atoms with Crippen LogP contribution in [0.5, 0.6) is 0 Å². The SMILES string of the molecule is CNCCc1c[nH]c2cc(Cl)c(F)cc12. The molecule has 2 aromatic rings. The Kier molecular flexibility index (Phi) is 2.93. The molecular formula is C11H12ClFN2. The van der Waals surface area contributed by atoms with Crippen LogP contribution in [-0.4, -0.2) is 18.6 Å². The number of benzene rings is 1. The summed E-state index contributed by atoms with van der Waals surface area (Å²) in [6.07, 6.45) is 2.77. The van der Waals surface area contributed by atoms with Crippen molar-refractivity contribution in [2.24, 2.45) is 0 Å². The molecule has 0 aliphatic heterocycles. The first-order valence-electron chi connectivity index (χ1n) is 4.82. The molecule has 0 aliphatic rings. The first-order chi connectivity index (χ1) is 7.22. The van der Waals surface area contributed by atoms with E-state index in [0.717, 1.165) is 29.4 Å². The molecule has 2 rings (SSSR count). The molecule has 80 valence electrons. The summed E-state index contributed by atoms with van der Waals surface area (Å²) in [5.74, 6) is -0.366. The Balaban J connectivity index is 2.45. The second-order valence-corrected chi connectivity index (χ2v) is 3.89. The van der Waals surface area contributed by atoms with Crippen molar-refractivity contribution in [2.75, 3.05) is 13.6 Å². The number of rotatable bonds is 3. The Bertz CT molecular complexity index is 479. The lowest BCUT2D eigenvalue weighted by Gasteiger charge is -1.99. The van der Waals surface area contributed by atoms with E-state index in [1.54, 1.807) is 6.07 Å². The molecule has 2 nitrogen and oxygen atoms in total. The van der Waals surface area contributed by atoms with E-state index in [4.69, 9.17) is 11.6 Å². The molecule has 0 radical (unpaired) electrons. The molecular weight excluding hydrogens is 215 g/mol. The third kappa shape index (κ3) is 1.98. The quantitative estimate of drug-likeness (QED) is 0.828. The molecule has 2 N–H and O–H groups in total. The molecule has 0 amide bonds. The molecule has 1 aromatic carbocycles. The van der Waals surface area contributed by atoms with E-state index in [-0.39, 0.29) is 10.8 Å². The summed E-state index contributed by atoms with van der Waals surface area (Å²) in [6.45, 7) is 0.872. The fourth-order valence-corrected chi connectivity index (χ4v) is 1.80. The fraction of sp³-hybridized carbons (Fsp3) is 0.273. The van der Waals surface area contributed by atoms with Crippen molar-refractivity contribution >= 4 is 22.5 Å². The van der Waals surface area contributed by atoms with Crippen LogP contribution in [0.1, 0.15) is 5.56 Å². The van der Waals surface area contributed by atoms with Crippen LogP contribution < -0.4 is 5.32 Å². The minimum atomic E-state index is -0.366. The highest BCUT2D eigenvalue weighted by Gasteiger charge is 2.07.